The average Bonchev–Trinajstić information content (AvgIpc) is 3.18. The number of aliphatic hydroxyl groups excluding tert-OH is 1. The first-order chi connectivity index (χ1) is 11.2. The highest BCUT2D eigenvalue weighted by Crippen LogP contribution is 2.25. The molecule has 0 aromatic carbocycles. The summed E-state index contributed by atoms with van der Waals surface area (Å²) in [4.78, 5) is 12.1. The van der Waals surface area contributed by atoms with Crippen LogP contribution in [-0.2, 0) is 6.54 Å². The van der Waals surface area contributed by atoms with Crippen molar-refractivity contribution < 1.29 is 5.11 Å². The molecule has 0 unspecified atom stereocenters. The Hall–Kier alpha value is -2.03. The predicted molar refractivity (Wildman–Crippen MR) is 91.6 cm³/mol. The van der Waals surface area contributed by atoms with E-state index in [1.54, 1.807) is 22.2 Å². The smallest absolute Gasteiger partial charge is 0.163 e. The fourth-order valence-electron chi connectivity index (χ4n) is 2.50. The van der Waals surface area contributed by atoms with E-state index in [2.05, 4.69) is 56.9 Å². The van der Waals surface area contributed by atoms with Crippen molar-refractivity contribution in [2.75, 3.05) is 32.6 Å². The fourth-order valence-corrected chi connectivity index (χ4v) is 3.43. The summed E-state index contributed by atoms with van der Waals surface area (Å²) in [5.41, 5.74) is 0.731. The lowest BCUT2D eigenvalue weighted by Gasteiger charge is -2.23. The van der Waals surface area contributed by atoms with Crippen molar-refractivity contribution >= 4 is 28.2 Å². The van der Waals surface area contributed by atoms with Crippen LogP contribution in [0.3, 0.4) is 0 Å². The monoisotopic (exact) mass is 332 g/mol. The highest BCUT2D eigenvalue weighted by molar-refractivity contribution is 7.10. The van der Waals surface area contributed by atoms with E-state index in [1.807, 2.05) is 0 Å². The van der Waals surface area contributed by atoms with Crippen LogP contribution < -0.4 is 5.32 Å². The molecule has 3 aromatic heterocycles. The van der Waals surface area contributed by atoms with Gasteiger partial charge in [0.15, 0.2) is 5.65 Å². The van der Waals surface area contributed by atoms with E-state index in [9.17, 15) is 0 Å². The summed E-state index contributed by atoms with van der Waals surface area (Å²) in [5.74, 6) is 0.766. The number of hydrogen-bond acceptors (Lipinski definition) is 7. The van der Waals surface area contributed by atoms with Gasteiger partial charge in [0.2, 0.25) is 0 Å². The van der Waals surface area contributed by atoms with Crippen LogP contribution in [0.15, 0.2) is 30.0 Å². The van der Waals surface area contributed by atoms with Crippen LogP contribution in [0.25, 0.3) is 11.0 Å². The first kappa shape index (κ1) is 15.9. The maximum atomic E-state index is 9.09. The lowest BCUT2D eigenvalue weighted by atomic mass is 10.2. The molecule has 0 spiro atoms. The quantitative estimate of drug-likeness (QED) is 0.684. The van der Waals surface area contributed by atoms with Crippen LogP contribution in [0.2, 0.25) is 0 Å². The van der Waals surface area contributed by atoms with E-state index in [-0.39, 0.29) is 12.6 Å². The van der Waals surface area contributed by atoms with Gasteiger partial charge < -0.3 is 15.3 Å². The summed E-state index contributed by atoms with van der Waals surface area (Å²) >= 11 is 1.75. The molecule has 2 N–H and O–H groups in total. The van der Waals surface area contributed by atoms with Gasteiger partial charge in [-0.3, -0.25) is 0 Å². The Morgan fingerprint density at radius 1 is 1.39 bits per heavy atom. The average molecular weight is 332 g/mol. The van der Waals surface area contributed by atoms with E-state index in [1.165, 1.54) is 11.2 Å². The Kier molecular flexibility index (Phi) is 4.85. The van der Waals surface area contributed by atoms with Gasteiger partial charge in [0.05, 0.1) is 30.8 Å². The first-order valence-electron chi connectivity index (χ1n) is 7.41. The summed E-state index contributed by atoms with van der Waals surface area (Å²) < 4.78 is 1.69. The van der Waals surface area contributed by atoms with Gasteiger partial charge in [0, 0.05) is 11.4 Å². The molecule has 0 amide bonds. The van der Waals surface area contributed by atoms with Gasteiger partial charge in [-0.25, -0.2) is 14.6 Å². The Morgan fingerprint density at radius 3 is 2.96 bits per heavy atom. The summed E-state index contributed by atoms with van der Waals surface area (Å²) in [6.07, 6.45) is 3.26. The lowest BCUT2D eigenvalue weighted by molar-refractivity contribution is 0.271. The molecule has 0 saturated carbocycles. The minimum Gasteiger partial charge on any atom is -0.394 e. The maximum Gasteiger partial charge on any atom is 0.163 e. The van der Waals surface area contributed by atoms with Crippen LogP contribution in [0, 0.1) is 0 Å². The van der Waals surface area contributed by atoms with Gasteiger partial charge in [-0.15, -0.1) is 11.3 Å². The van der Waals surface area contributed by atoms with Gasteiger partial charge in [-0.05, 0) is 25.5 Å². The van der Waals surface area contributed by atoms with Gasteiger partial charge in [-0.2, -0.15) is 5.10 Å². The molecule has 3 heterocycles. The van der Waals surface area contributed by atoms with E-state index >= 15 is 0 Å². The topological polar surface area (TPSA) is 79.1 Å². The fraction of sp³-hybridized carbons (Fsp3) is 0.400. The molecule has 0 aliphatic rings. The summed E-state index contributed by atoms with van der Waals surface area (Å²) in [5, 5.41) is 19.7. The van der Waals surface area contributed by atoms with Crippen LogP contribution in [0.5, 0.6) is 0 Å². The number of thiophene rings is 1. The third kappa shape index (κ3) is 3.34. The van der Waals surface area contributed by atoms with Crippen LogP contribution in [0.1, 0.15) is 10.9 Å². The number of fused-ring (bicyclic) bond motifs is 1. The molecule has 0 bridgehead atoms. The Labute approximate surface area is 138 Å². The van der Waals surface area contributed by atoms with Crippen molar-refractivity contribution in [1.82, 2.24) is 24.6 Å². The van der Waals surface area contributed by atoms with E-state index in [4.69, 9.17) is 5.11 Å². The Bertz CT molecular complexity index is 755. The Balaban J connectivity index is 1.81. The zero-order chi connectivity index (χ0) is 16.2. The SMILES string of the molecule is CN(C)[C@H](CNc1ncnc2c1cnn2CCO)c1cccs1. The van der Waals surface area contributed by atoms with Crippen molar-refractivity contribution in [3.8, 4) is 0 Å². The van der Waals surface area contributed by atoms with Crippen LogP contribution in [-0.4, -0.2) is 57.0 Å². The number of aliphatic hydroxyl groups is 1. The largest absolute Gasteiger partial charge is 0.394 e. The molecule has 0 aliphatic carbocycles. The zero-order valence-electron chi connectivity index (χ0n) is 13.2. The van der Waals surface area contributed by atoms with Crippen LogP contribution in [0.4, 0.5) is 5.82 Å². The number of likely N-dealkylation sites (N-methyl/N-ethyl adjacent to an activating group) is 1. The van der Waals surface area contributed by atoms with Crippen molar-refractivity contribution in [2.24, 2.45) is 0 Å². The molecular formula is C15H20N6OS. The highest BCUT2D eigenvalue weighted by Gasteiger charge is 2.16. The van der Waals surface area contributed by atoms with Crippen molar-refractivity contribution in [2.45, 2.75) is 12.6 Å². The molecule has 7 nitrogen and oxygen atoms in total. The minimum atomic E-state index is 0.0324. The molecule has 0 aliphatic heterocycles. The number of aromatic nitrogens is 4. The number of anilines is 1. The third-order valence-electron chi connectivity index (χ3n) is 3.70. The van der Waals surface area contributed by atoms with Gasteiger partial charge in [-0.1, -0.05) is 6.07 Å². The summed E-state index contributed by atoms with van der Waals surface area (Å²) in [7, 11) is 4.14. The molecule has 0 fully saturated rings. The molecular weight excluding hydrogens is 312 g/mol. The second kappa shape index (κ2) is 7.03. The second-order valence-electron chi connectivity index (χ2n) is 5.43. The third-order valence-corrected chi connectivity index (χ3v) is 4.68. The number of rotatable bonds is 7. The summed E-state index contributed by atoms with van der Waals surface area (Å²) in [6.45, 7) is 1.20. The van der Waals surface area contributed by atoms with Gasteiger partial charge in [0.1, 0.15) is 12.1 Å². The maximum absolute atomic E-state index is 9.09. The standard InChI is InChI=1S/C15H20N6OS/c1-20(2)12(13-4-3-7-23-13)9-16-14-11-8-19-21(5-6-22)15(11)18-10-17-14/h3-4,7-8,10,12,22H,5-6,9H2,1-2H3,(H,16,17,18)/t12-/m1/s1. The molecule has 122 valence electrons. The summed E-state index contributed by atoms with van der Waals surface area (Å²) in [6, 6.07) is 4.48. The van der Waals surface area contributed by atoms with Gasteiger partial charge in [0.25, 0.3) is 0 Å². The number of hydrogen-bond donors (Lipinski definition) is 2. The molecule has 0 radical (unpaired) electrons. The van der Waals surface area contributed by atoms with Crippen molar-refractivity contribution in [3.05, 3.63) is 34.9 Å². The van der Waals surface area contributed by atoms with Gasteiger partial charge >= 0.3 is 0 Å². The second-order valence-corrected chi connectivity index (χ2v) is 6.41. The normalized spacial score (nSPS) is 12.9. The van der Waals surface area contributed by atoms with E-state index < -0.39 is 0 Å². The van der Waals surface area contributed by atoms with E-state index in [0.717, 1.165) is 23.4 Å². The van der Waals surface area contributed by atoms with Crippen molar-refractivity contribution in [3.63, 3.8) is 0 Å². The van der Waals surface area contributed by atoms with Crippen LogP contribution >= 0.6 is 11.3 Å². The van der Waals surface area contributed by atoms with E-state index in [0.29, 0.717) is 6.54 Å². The highest BCUT2D eigenvalue weighted by atomic mass is 32.1. The molecule has 3 aromatic rings. The first-order valence-corrected chi connectivity index (χ1v) is 8.29. The predicted octanol–water partition coefficient (Wildman–Crippen LogP) is 1.59. The number of nitrogens with zero attached hydrogens (tertiary/aromatic N) is 5. The molecule has 23 heavy (non-hydrogen) atoms. The molecule has 8 heteroatoms. The lowest BCUT2D eigenvalue weighted by Crippen LogP contribution is -2.26. The number of nitrogens with one attached hydrogen (secondary N) is 1. The molecule has 3 rings (SSSR count). The zero-order valence-corrected chi connectivity index (χ0v) is 14.0. The van der Waals surface area contributed by atoms with Crippen molar-refractivity contribution in [1.29, 1.82) is 0 Å². The Morgan fingerprint density at radius 2 is 2.26 bits per heavy atom. The molecule has 1 atom stereocenters. The molecule has 0 saturated heterocycles. The minimum absolute atomic E-state index is 0.0324.